The third kappa shape index (κ3) is 6.56. The third-order valence-electron chi connectivity index (χ3n) is 5.64. The largest absolute Gasteiger partial charge is 0.497 e. The van der Waals surface area contributed by atoms with Crippen LogP contribution in [0.1, 0.15) is 11.6 Å². The lowest BCUT2D eigenvalue weighted by Gasteiger charge is -2.35. The summed E-state index contributed by atoms with van der Waals surface area (Å²) in [5, 5.41) is 11.7. The summed E-state index contributed by atoms with van der Waals surface area (Å²) >= 11 is 1.24. The number of benzene rings is 2. The number of hydrogen-bond acceptors (Lipinski definition) is 8. The second-order valence-corrected chi connectivity index (χ2v) is 8.95. The van der Waals surface area contributed by atoms with E-state index in [1.807, 2.05) is 42.5 Å². The minimum Gasteiger partial charge on any atom is -0.497 e. The van der Waals surface area contributed by atoms with E-state index >= 15 is 0 Å². The van der Waals surface area contributed by atoms with Gasteiger partial charge in [0.25, 0.3) is 5.22 Å². The zero-order valence-corrected chi connectivity index (χ0v) is 19.8. The SMILES string of the molecule is COc1ccc(-c2nnc(SCC(=O)NC(CN3CCN(C)CC3)c3ccccc3)o2)cc1. The highest BCUT2D eigenvalue weighted by atomic mass is 32.2. The summed E-state index contributed by atoms with van der Waals surface area (Å²) in [6.07, 6.45) is 0. The van der Waals surface area contributed by atoms with Crippen LogP contribution < -0.4 is 10.1 Å². The molecule has 1 aliphatic rings. The maximum Gasteiger partial charge on any atom is 0.277 e. The number of carbonyl (C=O) groups excluding carboxylic acids is 1. The highest BCUT2D eigenvalue weighted by Crippen LogP contribution is 2.25. The highest BCUT2D eigenvalue weighted by Gasteiger charge is 2.21. The normalized spacial score (nSPS) is 15.8. The standard InChI is InChI=1S/C24H29N5O3S/c1-28-12-14-29(15-13-28)16-21(18-6-4-3-5-7-18)25-22(30)17-33-24-27-26-23(32-24)19-8-10-20(31-2)11-9-19/h3-11,21H,12-17H2,1-2H3,(H,25,30). The number of piperazine rings is 1. The van der Waals surface area contributed by atoms with Gasteiger partial charge in [-0.15, -0.1) is 10.2 Å². The summed E-state index contributed by atoms with van der Waals surface area (Å²) in [5.74, 6) is 1.31. The second-order valence-electron chi connectivity index (χ2n) is 8.02. The first-order chi connectivity index (χ1) is 16.1. The van der Waals surface area contributed by atoms with Crippen molar-refractivity contribution in [2.75, 3.05) is 52.6 Å². The maximum absolute atomic E-state index is 12.8. The van der Waals surface area contributed by atoms with Crippen molar-refractivity contribution in [3.8, 4) is 17.2 Å². The van der Waals surface area contributed by atoms with Crippen LogP contribution in [0.2, 0.25) is 0 Å². The van der Waals surface area contributed by atoms with E-state index in [0.29, 0.717) is 11.1 Å². The van der Waals surface area contributed by atoms with E-state index in [9.17, 15) is 4.79 Å². The molecular formula is C24H29N5O3S. The Morgan fingerprint density at radius 3 is 2.52 bits per heavy atom. The van der Waals surface area contributed by atoms with Gasteiger partial charge in [0.1, 0.15) is 5.75 Å². The highest BCUT2D eigenvalue weighted by molar-refractivity contribution is 7.99. The molecule has 1 saturated heterocycles. The van der Waals surface area contributed by atoms with Gasteiger partial charge < -0.3 is 19.4 Å². The average molecular weight is 468 g/mol. The first kappa shape index (κ1) is 23.3. The van der Waals surface area contributed by atoms with E-state index in [2.05, 4.69) is 44.5 Å². The number of rotatable bonds is 9. The number of thioether (sulfide) groups is 1. The Hall–Kier alpha value is -2.88. The van der Waals surface area contributed by atoms with Crippen molar-refractivity contribution in [2.45, 2.75) is 11.3 Å². The Kier molecular flexibility index (Phi) is 7.98. The van der Waals surface area contributed by atoms with Gasteiger partial charge in [0.2, 0.25) is 11.8 Å². The molecule has 9 heteroatoms. The van der Waals surface area contributed by atoms with Gasteiger partial charge in [0.05, 0.1) is 18.9 Å². The zero-order chi connectivity index (χ0) is 23.0. The average Bonchev–Trinajstić information content (AvgIpc) is 3.33. The lowest BCUT2D eigenvalue weighted by Crippen LogP contribution is -2.48. The number of aromatic nitrogens is 2. The summed E-state index contributed by atoms with van der Waals surface area (Å²) in [4.78, 5) is 17.5. The predicted octanol–water partition coefficient (Wildman–Crippen LogP) is 2.94. The van der Waals surface area contributed by atoms with Crippen LogP contribution in [0.4, 0.5) is 0 Å². The van der Waals surface area contributed by atoms with E-state index in [1.165, 1.54) is 11.8 Å². The zero-order valence-electron chi connectivity index (χ0n) is 18.9. The smallest absolute Gasteiger partial charge is 0.277 e. The molecule has 1 fully saturated rings. The Bertz CT molecular complexity index is 1020. The van der Waals surface area contributed by atoms with Gasteiger partial charge in [-0.2, -0.15) is 0 Å². The molecule has 0 spiro atoms. The molecule has 1 N–H and O–H groups in total. The van der Waals surface area contributed by atoms with Crippen LogP contribution >= 0.6 is 11.8 Å². The van der Waals surface area contributed by atoms with Crippen molar-refractivity contribution in [3.05, 3.63) is 60.2 Å². The van der Waals surface area contributed by atoms with Gasteiger partial charge in [0.15, 0.2) is 0 Å². The molecule has 0 radical (unpaired) electrons. The van der Waals surface area contributed by atoms with E-state index in [-0.39, 0.29) is 17.7 Å². The van der Waals surface area contributed by atoms with E-state index < -0.39 is 0 Å². The first-order valence-corrected chi connectivity index (χ1v) is 11.9. The molecule has 174 valence electrons. The summed E-state index contributed by atoms with van der Waals surface area (Å²) < 4.78 is 10.9. The Labute approximate surface area is 198 Å². The number of methoxy groups -OCH3 is 1. The Morgan fingerprint density at radius 2 is 1.82 bits per heavy atom. The molecule has 8 nitrogen and oxygen atoms in total. The molecule has 1 amide bonds. The van der Waals surface area contributed by atoms with Crippen LogP contribution in [0.3, 0.4) is 0 Å². The summed E-state index contributed by atoms with van der Waals surface area (Å²) in [6.45, 7) is 4.87. The van der Waals surface area contributed by atoms with Crippen LogP contribution in [-0.2, 0) is 4.79 Å². The van der Waals surface area contributed by atoms with E-state index in [0.717, 1.165) is 49.6 Å². The topological polar surface area (TPSA) is 83.7 Å². The fraction of sp³-hybridized carbons (Fsp3) is 0.375. The molecule has 0 aliphatic carbocycles. The molecule has 2 heterocycles. The first-order valence-electron chi connectivity index (χ1n) is 11.0. The van der Waals surface area contributed by atoms with Gasteiger partial charge in [0, 0.05) is 38.3 Å². The minimum absolute atomic E-state index is 0.0628. The van der Waals surface area contributed by atoms with Crippen molar-refractivity contribution in [3.63, 3.8) is 0 Å². The van der Waals surface area contributed by atoms with Crippen molar-refractivity contribution < 1.29 is 13.9 Å². The monoisotopic (exact) mass is 467 g/mol. The van der Waals surface area contributed by atoms with Crippen LogP contribution in [0.5, 0.6) is 5.75 Å². The van der Waals surface area contributed by atoms with Crippen molar-refractivity contribution in [2.24, 2.45) is 0 Å². The van der Waals surface area contributed by atoms with Crippen molar-refractivity contribution >= 4 is 17.7 Å². The number of likely N-dealkylation sites (N-methyl/N-ethyl adjacent to an activating group) is 1. The lowest BCUT2D eigenvalue weighted by molar-refractivity contribution is -0.119. The molecule has 0 saturated carbocycles. The molecule has 1 unspecified atom stereocenters. The summed E-state index contributed by atoms with van der Waals surface area (Å²) in [7, 11) is 3.76. The molecule has 1 atom stereocenters. The predicted molar refractivity (Wildman–Crippen MR) is 128 cm³/mol. The van der Waals surface area contributed by atoms with Crippen LogP contribution in [0.25, 0.3) is 11.5 Å². The van der Waals surface area contributed by atoms with Crippen LogP contribution in [-0.4, -0.2) is 78.5 Å². The van der Waals surface area contributed by atoms with Crippen LogP contribution in [0.15, 0.2) is 64.2 Å². The van der Waals surface area contributed by atoms with E-state index in [1.54, 1.807) is 7.11 Å². The number of carbonyl (C=O) groups is 1. The van der Waals surface area contributed by atoms with Crippen molar-refractivity contribution in [1.82, 2.24) is 25.3 Å². The van der Waals surface area contributed by atoms with Gasteiger partial charge in [-0.05, 0) is 36.9 Å². The van der Waals surface area contributed by atoms with Gasteiger partial charge in [-0.1, -0.05) is 42.1 Å². The molecular weight excluding hydrogens is 438 g/mol. The number of amides is 1. The van der Waals surface area contributed by atoms with Gasteiger partial charge in [-0.25, -0.2) is 0 Å². The molecule has 3 aromatic rings. The second kappa shape index (κ2) is 11.3. The Morgan fingerprint density at radius 1 is 1.09 bits per heavy atom. The summed E-state index contributed by atoms with van der Waals surface area (Å²) in [6, 6.07) is 17.4. The van der Waals surface area contributed by atoms with E-state index in [4.69, 9.17) is 9.15 Å². The molecule has 0 bridgehead atoms. The fourth-order valence-electron chi connectivity index (χ4n) is 3.69. The van der Waals surface area contributed by atoms with Crippen molar-refractivity contribution in [1.29, 1.82) is 0 Å². The molecule has 1 aliphatic heterocycles. The number of hydrogen-bond donors (Lipinski definition) is 1. The van der Waals surface area contributed by atoms with Crippen LogP contribution in [0, 0.1) is 0 Å². The quantitative estimate of drug-likeness (QED) is 0.481. The molecule has 2 aromatic carbocycles. The minimum atomic E-state index is -0.0692. The number of nitrogens with zero attached hydrogens (tertiary/aromatic N) is 4. The molecule has 1 aromatic heterocycles. The van der Waals surface area contributed by atoms with Gasteiger partial charge >= 0.3 is 0 Å². The lowest BCUT2D eigenvalue weighted by atomic mass is 10.1. The fourth-order valence-corrected chi connectivity index (χ4v) is 4.26. The maximum atomic E-state index is 12.8. The number of nitrogens with one attached hydrogen (secondary N) is 1. The summed E-state index contributed by atoms with van der Waals surface area (Å²) in [5.41, 5.74) is 1.91. The van der Waals surface area contributed by atoms with Gasteiger partial charge in [-0.3, -0.25) is 9.69 Å². The Balaban J connectivity index is 1.34. The number of ether oxygens (including phenoxy) is 1. The third-order valence-corrected chi connectivity index (χ3v) is 6.46. The molecule has 33 heavy (non-hydrogen) atoms. The molecule has 4 rings (SSSR count).